The number of thioether (sulfide) groups is 1. The van der Waals surface area contributed by atoms with Gasteiger partial charge in [0, 0.05) is 22.1 Å². The maximum absolute atomic E-state index is 13.3. The molecule has 1 saturated heterocycles. The Balaban J connectivity index is 1.61. The first-order valence-corrected chi connectivity index (χ1v) is 11.1. The second kappa shape index (κ2) is 8.88. The third kappa shape index (κ3) is 4.44. The highest BCUT2D eigenvalue weighted by Crippen LogP contribution is 2.35. The fourth-order valence-electron chi connectivity index (χ4n) is 3.68. The van der Waals surface area contributed by atoms with Crippen LogP contribution in [0, 0.1) is 19.7 Å². The van der Waals surface area contributed by atoms with Gasteiger partial charge in [0.2, 0.25) is 0 Å². The number of carbonyl (C=O) groups excluding carboxylic acids is 2. The average Bonchev–Trinajstić information content (AvgIpc) is 3.19. The summed E-state index contributed by atoms with van der Waals surface area (Å²) in [5, 5.41) is 8.83. The van der Waals surface area contributed by atoms with E-state index in [9.17, 15) is 18.8 Å². The smallest absolute Gasteiger partial charge is 0.335 e. The van der Waals surface area contributed by atoms with Crippen molar-refractivity contribution in [1.82, 2.24) is 9.47 Å². The second-order valence-electron chi connectivity index (χ2n) is 7.52. The number of carbonyl (C=O) groups is 3. The third-order valence-electron chi connectivity index (χ3n) is 5.35. The summed E-state index contributed by atoms with van der Waals surface area (Å²) in [6.45, 7) is 3.74. The number of aromatic nitrogens is 1. The summed E-state index contributed by atoms with van der Waals surface area (Å²) in [4.78, 5) is 37.9. The third-order valence-corrected chi connectivity index (χ3v) is 6.61. The van der Waals surface area contributed by atoms with Gasteiger partial charge in [-0.15, -0.1) is 0 Å². The molecule has 0 spiro atoms. The number of amides is 2. The molecule has 0 saturated carbocycles. The molecule has 0 aliphatic carbocycles. The van der Waals surface area contributed by atoms with E-state index in [1.807, 2.05) is 24.5 Å². The van der Waals surface area contributed by atoms with Crippen molar-refractivity contribution in [3.63, 3.8) is 0 Å². The van der Waals surface area contributed by atoms with E-state index in [1.54, 1.807) is 18.2 Å². The van der Waals surface area contributed by atoms with Crippen LogP contribution < -0.4 is 0 Å². The van der Waals surface area contributed by atoms with E-state index >= 15 is 0 Å². The quantitative estimate of drug-likeness (QED) is 0.461. The standard InChI is InChI=1S/C24H18ClFN2O4S/c1-13-9-17(14(2)28(13)19-7-4-15(5-8-19)23(30)31)10-21-22(29)27(24(32)33-21)12-16-3-6-18(26)11-20(16)25/h3-11H,12H2,1-2H3,(H,30,31)/b21-10+. The molecule has 168 valence electrons. The molecule has 2 aromatic carbocycles. The van der Waals surface area contributed by atoms with E-state index < -0.39 is 22.9 Å². The molecule has 1 aliphatic heterocycles. The van der Waals surface area contributed by atoms with Gasteiger partial charge in [0.05, 0.1) is 17.0 Å². The number of hydrogen-bond acceptors (Lipinski definition) is 4. The number of hydrogen-bond donors (Lipinski definition) is 1. The van der Waals surface area contributed by atoms with Gasteiger partial charge in [-0.1, -0.05) is 17.7 Å². The van der Waals surface area contributed by atoms with Crippen molar-refractivity contribution in [3.05, 3.63) is 92.4 Å². The Hall–Kier alpha value is -3.36. The zero-order chi connectivity index (χ0) is 23.9. The first-order chi connectivity index (χ1) is 15.7. The summed E-state index contributed by atoms with van der Waals surface area (Å²) < 4.78 is 15.2. The summed E-state index contributed by atoms with van der Waals surface area (Å²) in [6.07, 6.45) is 1.67. The van der Waals surface area contributed by atoms with Crippen molar-refractivity contribution in [1.29, 1.82) is 0 Å². The zero-order valence-electron chi connectivity index (χ0n) is 17.6. The van der Waals surface area contributed by atoms with Crippen LogP contribution in [0.4, 0.5) is 9.18 Å². The molecule has 1 aliphatic rings. The van der Waals surface area contributed by atoms with E-state index in [4.69, 9.17) is 16.7 Å². The molecule has 1 fully saturated rings. The number of halogens is 2. The summed E-state index contributed by atoms with van der Waals surface area (Å²) >= 11 is 6.89. The maximum atomic E-state index is 13.3. The lowest BCUT2D eigenvalue weighted by Crippen LogP contribution is -2.27. The number of carboxylic acid groups (broad SMARTS) is 1. The van der Waals surface area contributed by atoms with Crippen LogP contribution in [0.3, 0.4) is 0 Å². The van der Waals surface area contributed by atoms with Crippen LogP contribution >= 0.6 is 23.4 Å². The molecule has 1 N–H and O–H groups in total. The number of nitrogens with zero attached hydrogens (tertiary/aromatic N) is 2. The summed E-state index contributed by atoms with van der Waals surface area (Å²) in [7, 11) is 0. The lowest BCUT2D eigenvalue weighted by Gasteiger charge is -2.13. The topological polar surface area (TPSA) is 79.6 Å². The molecule has 9 heteroatoms. The van der Waals surface area contributed by atoms with Gasteiger partial charge in [0.25, 0.3) is 11.1 Å². The number of aryl methyl sites for hydroxylation is 1. The molecule has 0 atom stereocenters. The largest absolute Gasteiger partial charge is 0.478 e. The van der Waals surface area contributed by atoms with Gasteiger partial charge in [0.15, 0.2) is 0 Å². The van der Waals surface area contributed by atoms with Crippen LogP contribution in [0.2, 0.25) is 5.02 Å². The lowest BCUT2D eigenvalue weighted by molar-refractivity contribution is -0.123. The SMILES string of the molecule is Cc1cc(/C=C2/SC(=O)N(Cc3ccc(F)cc3Cl)C2=O)c(C)n1-c1ccc(C(=O)O)cc1. The van der Waals surface area contributed by atoms with E-state index in [0.29, 0.717) is 5.56 Å². The van der Waals surface area contributed by atoms with E-state index in [-0.39, 0.29) is 22.0 Å². The predicted octanol–water partition coefficient (Wildman–Crippen LogP) is 5.82. The number of aromatic carboxylic acids is 1. The van der Waals surface area contributed by atoms with Crippen molar-refractivity contribution in [2.75, 3.05) is 0 Å². The molecular weight excluding hydrogens is 467 g/mol. The number of rotatable bonds is 5. The van der Waals surface area contributed by atoms with Gasteiger partial charge in [-0.3, -0.25) is 14.5 Å². The molecule has 2 heterocycles. The van der Waals surface area contributed by atoms with Gasteiger partial charge in [-0.25, -0.2) is 9.18 Å². The number of carboxylic acids is 1. The van der Waals surface area contributed by atoms with Crippen LogP contribution in [0.5, 0.6) is 0 Å². The Morgan fingerprint density at radius 1 is 1.12 bits per heavy atom. The zero-order valence-corrected chi connectivity index (χ0v) is 19.2. The molecule has 4 rings (SSSR count). The van der Waals surface area contributed by atoms with Crippen molar-refractivity contribution in [2.45, 2.75) is 20.4 Å². The molecule has 33 heavy (non-hydrogen) atoms. The van der Waals surface area contributed by atoms with Crippen LogP contribution in [0.15, 0.2) is 53.4 Å². The Kier molecular flexibility index (Phi) is 6.14. The van der Waals surface area contributed by atoms with E-state index in [2.05, 4.69) is 0 Å². The van der Waals surface area contributed by atoms with Gasteiger partial charge in [0.1, 0.15) is 5.82 Å². The molecule has 0 bridgehead atoms. The highest BCUT2D eigenvalue weighted by atomic mass is 35.5. The summed E-state index contributed by atoms with van der Waals surface area (Å²) in [6, 6.07) is 12.2. The molecule has 3 aromatic rings. The number of benzene rings is 2. The van der Waals surface area contributed by atoms with E-state index in [0.717, 1.165) is 45.4 Å². The Bertz CT molecular complexity index is 1330. The second-order valence-corrected chi connectivity index (χ2v) is 8.92. The fraction of sp³-hybridized carbons (Fsp3) is 0.125. The summed E-state index contributed by atoms with van der Waals surface area (Å²) in [5.41, 5.74) is 3.94. The van der Waals surface area contributed by atoms with Crippen molar-refractivity contribution in [3.8, 4) is 5.69 Å². The Morgan fingerprint density at radius 3 is 2.45 bits per heavy atom. The summed E-state index contributed by atoms with van der Waals surface area (Å²) in [5.74, 6) is -1.94. The van der Waals surface area contributed by atoms with Crippen molar-refractivity contribution >= 4 is 46.6 Å². The minimum absolute atomic E-state index is 0.0456. The molecule has 0 radical (unpaired) electrons. The van der Waals surface area contributed by atoms with Crippen LogP contribution in [0.1, 0.15) is 32.9 Å². The van der Waals surface area contributed by atoms with Gasteiger partial charge >= 0.3 is 5.97 Å². The monoisotopic (exact) mass is 484 g/mol. The Morgan fingerprint density at radius 2 is 1.82 bits per heavy atom. The minimum Gasteiger partial charge on any atom is -0.478 e. The molecule has 2 amide bonds. The first-order valence-electron chi connectivity index (χ1n) is 9.87. The minimum atomic E-state index is -0.999. The van der Waals surface area contributed by atoms with Gasteiger partial charge < -0.3 is 9.67 Å². The predicted molar refractivity (Wildman–Crippen MR) is 125 cm³/mol. The first kappa shape index (κ1) is 22.8. The maximum Gasteiger partial charge on any atom is 0.335 e. The van der Waals surface area contributed by atoms with Crippen LogP contribution in [-0.2, 0) is 11.3 Å². The Labute approximate surface area is 198 Å². The lowest BCUT2D eigenvalue weighted by atomic mass is 10.2. The fourth-order valence-corrected chi connectivity index (χ4v) is 4.74. The molecule has 0 unspecified atom stereocenters. The molecule has 6 nitrogen and oxygen atoms in total. The van der Waals surface area contributed by atoms with Crippen LogP contribution in [0.25, 0.3) is 11.8 Å². The highest BCUT2D eigenvalue weighted by molar-refractivity contribution is 8.18. The highest BCUT2D eigenvalue weighted by Gasteiger charge is 2.35. The van der Waals surface area contributed by atoms with Crippen LogP contribution in [-0.4, -0.2) is 31.7 Å². The normalized spacial score (nSPS) is 15.0. The van der Waals surface area contributed by atoms with Gasteiger partial charge in [-0.05, 0) is 85.3 Å². The van der Waals surface area contributed by atoms with E-state index in [1.165, 1.54) is 24.3 Å². The van der Waals surface area contributed by atoms with Gasteiger partial charge in [-0.2, -0.15) is 0 Å². The molecule has 1 aromatic heterocycles. The average molecular weight is 485 g/mol. The van der Waals surface area contributed by atoms with Crippen molar-refractivity contribution in [2.24, 2.45) is 0 Å². The molecular formula is C24H18ClFN2O4S. The van der Waals surface area contributed by atoms with Crippen molar-refractivity contribution < 1.29 is 23.9 Å². The number of imide groups is 1.